The molecule has 0 aliphatic heterocycles. The third-order valence-corrected chi connectivity index (χ3v) is 2.30. The van der Waals surface area contributed by atoms with Gasteiger partial charge in [0.05, 0.1) is 17.4 Å². The second kappa shape index (κ2) is 5.40. The zero-order valence-electron chi connectivity index (χ0n) is 8.03. The van der Waals surface area contributed by atoms with Crippen molar-refractivity contribution in [3.8, 4) is 0 Å². The van der Waals surface area contributed by atoms with E-state index >= 15 is 0 Å². The first-order valence-electron chi connectivity index (χ1n) is 4.24. The number of hydrogen-bond acceptors (Lipinski definition) is 5. The van der Waals surface area contributed by atoms with Crippen molar-refractivity contribution in [1.29, 1.82) is 0 Å². The molecule has 0 aromatic carbocycles. The largest absolute Gasteiger partial charge is 0.465 e. The second-order valence-corrected chi connectivity index (χ2v) is 3.56. The number of aromatic amines is 2. The van der Waals surface area contributed by atoms with Crippen LogP contribution in [-0.4, -0.2) is 28.3 Å². The molecule has 0 saturated carbocycles. The molecule has 1 aromatic heterocycles. The topological polar surface area (TPSA) is 92.0 Å². The van der Waals surface area contributed by atoms with Crippen LogP contribution >= 0.6 is 11.8 Å². The summed E-state index contributed by atoms with van der Waals surface area (Å²) < 4.78 is 4.69. The fourth-order valence-electron chi connectivity index (χ4n) is 0.863. The fraction of sp³-hybridized carbons (Fsp3) is 0.375. The van der Waals surface area contributed by atoms with E-state index < -0.39 is 11.2 Å². The minimum Gasteiger partial charge on any atom is -0.465 e. The van der Waals surface area contributed by atoms with Crippen molar-refractivity contribution in [1.82, 2.24) is 9.97 Å². The molecule has 2 N–H and O–H groups in total. The molecule has 15 heavy (non-hydrogen) atoms. The Morgan fingerprint density at radius 2 is 2.20 bits per heavy atom. The highest BCUT2D eigenvalue weighted by Crippen LogP contribution is 2.10. The first-order valence-corrected chi connectivity index (χ1v) is 5.22. The van der Waals surface area contributed by atoms with Crippen LogP contribution in [0.2, 0.25) is 0 Å². The van der Waals surface area contributed by atoms with Crippen molar-refractivity contribution in [2.45, 2.75) is 11.9 Å². The second-order valence-electron chi connectivity index (χ2n) is 2.55. The number of rotatable bonds is 4. The van der Waals surface area contributed by atoms with Crippen LogP contribution in [0.3, 0.4) is 0 Å². The number of aromatic nitrogens is 2. The summed E-state index contributed by atoms with van der Waals surface area (Å²) in [6.45, 7) is 2.02. The van der Waals surface area contributed by atoms with Gasteiger partial charge in [-0.05, 0) is 6.92 Å². The van der Waals surface area contributed by atoms with Gasteiger partial charge >= 0.3 is 11.7 Å². The summed E-state index contributed by atoms with van der Waals surface area (Å²) >= 11 is 1.05. The molecule has 0 fully saturated rings. The summed E-state index contributed by atoms with van der Waals surface area (Å²) in [6.07, 6.45) is 0. The number of H-pyrrole nitrogens is 2. The molecule has 0 saturated heterocycles. The molecule has 0 radical (unpaired) electrons. The molecule has 1 aromatic rings. The summed E-state index contributed by atoms with van der Waals surface area (Å²) in [5.74, 6) is -0.323. The number of carbonyl (C=O) groups excluding carboxylic acids is 1. The van der Waals surface area contributed by atoms with Crippen molar-refractivity contribution in [2.24, 2.45) is 0 Å². The van der Waals surface area contributed by atoms with Crippen LogP contribution in [0.5, 0.6) is 0 Å². The van der Waals surface area contributed by atoms with E-state index in [2.05, 4.69) is 9.72 Å². The molecule has 0 spiro atoms. The first kappa shape index (κ1) is 11.6. The minimum atomic E-state index is -0.589. The molecule has 6 nitrogen and oxygen atoms in total. The Bertz CT molecular complexity index is 422. The average Bonchev–Trinajstić information content (AvgIpc) is 2.14. The number of ether oxygens (including phenoxy) is 1. The monoisotopic (exact) mass is 230 g/mol. The van der Waals surface area contributed by atoms with E-state index in [0.29, 0.717) is 11.6 Å². The summed E-state index contributed by atoms with van der Waals surface area (Å²) in [4.78, 5) is 37.1. The molecule has 82 valence electrons. The lowest BCUT2D eigenvalue weighted by Crippen LogP contribution is -2.21. The molecule has 0 unspecified atom stereocenters. The van der Waals surface area contributed by atoms with Crippen LogP contribution in [0, 0.1) is 0 Å². The number of carbonyl (C=O) groups is 1. The smallest absolute Gasteiger partial charge is 0.326 e. The molecular weight excluding hydrogens is 220 g/mol. The standard InChI is InChI=1S/C8H10N2O4S/c1-2-14-7(12)4-15-6-3-5(11)9-8(13)10-6/h3H,2,4H2,1H3,(H2,9,10,11,13). The van der Waals surface area contributed by atoms with Gasteiger partial charge in [-0.3, -0.25) is 14.6 Å². The number of thioether (sulfide) groups is 1. The predicted octanol–water partition coefficient (Wildman–Crippen LogP) is -0.282. The first-order chi connectivity index (χ1) is 7.11. The number of hydrogen-bond donors (Lipinski definition) is 2. The summed E-state index contributed by atoms with van der Waals surface area (Å²) in [5, 5.41) is 0.344. The Kier molecular flexibility index (Phi) is 4.17. The molecule has 0 aliphatic rings. The minimum absolute atomic E-state index is 0.0627. The SMILES string of the molecule is CCOC(=O)CSc1cc(=O)[nH]c(=O)[nH]1. The molecular formula is C8H10N2O4S. The van der Waals surface area contributed by atoms with Gasteiger partial charge in [0.15, 0.2) is 0 Å². The van der Waals surface area contributed by atoms with E-state index in [9.17, 15) is 14.4 Å². The average molecular weight is 230 g/mol. The van der Waals surface area contributed by atoms with E-state index in [0.717, 1.165) is 11.8 Å². The van der Waals surface area contributed by atoms with Crippen LogP contribution in [0.4, 0.5) is 0 Å². The van der Waals surface area contributed by atoms with Crippen LogP contribution in [-0.2, 0) is 9.53 Å². The molecule has 7 heteroatoms. The maximum atomic E-state index is 11.0. The highest BCUT2D eigenvalue weighted by Gasteiger charge is 2.04. The van der Waals surface area contributed by atoms with Crippen LogP contribution in [0.25, 0.3) is 0 Å². The summed E-state index contributed by atoms with van der Waals surface area (Å²) in [5.41, 5.74) is -1.08. The molecule has 1 heterocycles. The Morgan fingerprint density at radius 3 is 2.80 bits per heavy atom. The van der Waals surface area contributed by atoms with Crippen LogP contribution in [0.15, 0.2) is 20.7 Å². The van der Waals surface area contributed by atoms with Gasteiger partial charge in [-0.15, -0.1) is 0 Å². The maximum Gasteiger partial charge on any atom is 0.326 e. The predicted molar refractivity (Wildman–Crippen MR) is 55.0 cm³/mol. The Morgan fingerprint density at radius 1 is 1.47 bits per heavy atom. The van der Waals surface area contributed by atoms with Crippen molar-refractivity contribution < 1.29 is 9.53 Å². The Balaban J connectivity index is 2.62. The molecule has 0 aliphatic carbocycles. The van der Waals surface area contributed by atoms with Crippen LogP contribution < -0.4 is 11.2 Å². The van der Waals surface area contributed by atoms with Crippen molar-refractivity contribution in [3.05, 3.63) is 26.9 Å². The molecule has 0 amide bonds. The molecule has 0 atom stereocenters. The van der Waals surface area contributed by atoms with Crippen molar-refractivity contribution >= 4 is 17.7 Å². The number of nitrogens with one attached hydrogen (secondary N) is 2. The Hall–Kier alpha value is -1.50. The van der Waals surface area contributed by atoms with Gasteiger partial charge in [0.2, 0.25) is 0 Å². The van der Waals surface area contributed by atoms with Gasteiger partial charge in [0, 0.05) is 6.07 Å². The third-order valence-electron chi connectivity index (χ3n) is 1.39. The highest BCUT2D eigenvalue weighted by molar-refractivity contribution is 7.99. The quantitative estimate of drug-likeness (QED) is 0.421. The van der Waals surface area contributed by atoms with E-state index in [-0.39, 0.29) is 11.7 Å². The van der Waals surface area contributed by atoms with Gasteiger partial charge in [0.1, 0.15) is 0 Å². The van der Waals surface area contributed by atoms with Gasteiger partial charge < -0.3 is 9.72 Å². The van der Waals surface area contributed by atoms with E-state index in [4.69, 9.17) is 0 Å². The lowest BCUT2D eigenvalue weighted by molar-refractivity contribution is -0.139. The molecule has 1 rings (SSSR count). The van der Waals surface area contributed by atoms with Gasteiger partial charge in [-0.2, -0.15) is 0 Å². The number of esters is 1. The normalized spacial score (nSPS) is 9.93. The Labute approximate surface area is 89.1 Å². The lowest BCUT2D eigenvalue weighted by atomic mass is 10.7. The van der Waals surface area contributed by atoms with Gasteiger partial charge in [-0.25, -0.2) is 4.79 Å². The zero-order chi connectivity index (χ0) is 11.3. The van der Waals surface area contributed by atoms with E-state index in [1.54, 1.807) is 6.92 Å². The third kappa shape index (κ3) is 4.03. The fourth-order valence-corrected chi connectivity index (χ4v) is 1.58. The highest BCUT2D eigenvalue weighted by atomic mass is 32.2. The van der Waals surface area contributed by atoms with Crippen LogP contribution in [0.1, 0.15) is 6.92 Å². The summed E-state index contributed by atoms with van der Waals surface area (Å²) in [6, 6.07) is 1.21. The lowest BCUT2D eigenvalue weighted by Gasteiger charge is -2.00. The van der Waals surface area contributed by atoms with Gasteiger partial charge in [-0.1, -0.05) is 11.8 Å². The van der Waals surface area contributed by atoms with E-state index in [1.807, 2.05) is 4.98 Å². The van der Waals surface area contributed by atoms with Crippen molar-refractivity contribution in [3.63, 3.8) is 0 Å². The maximum absolute atomic E-state index is 11.0. The van der Waals surface area contributed by atoms with Crippen molar-refractivity contribution in [2.75, 3.05) is 12.4 Å². The molecule has 0 bridgehead atoms. The van der Waals surface area contributed by atoms with E-state index in [1.165, 1.54) is 6.07 Å². The van der Waals surface area contributed by atoms with Gasteiger partial charge in [0.25, 0.3) is 5.56 Å². The summed E-state index contributed by atoms with van der Waals surface area (Å²) in [7, 11) is 0. The zero-order valence-corrected chi connectivity index (χ0v) is 8.85.